The molecule has 0 unspecified atom stereocenters. The summed E-state index contributed by atoms with van der Waals surface area (Å²) in [6.45, 7) is 0. The second-order valence-corrected chi connectivity index (χ2v) is 13.5. The molecule has 11 rings (SSSR count). The number of furan rings is 1. The van der Waals surface area contributed by atoms with E-state index in [0.29, 0.717) is 17.5 Å². The summed E-state index contributed by atoms with van der Waals surface area (Å²) in [6, 6.07) is 61.7. The van der Waals surface area contributed by atoms with Crippen molar-refractivity contribution in [3.05, 3.63) is 176 Å². The number of hydrogen-bond acceptors (Lipinski definition) is 4. The minimum absolute atomic E-state index is 0.569. The van der Waals surface area contributed by atoms with Gasteiger partial charge in [-0.15, -0.1) is 0 Å². The third-order valence-electron chi connectivity index (χ3n) is 10.5. The van der Waals surface area contributed by atoms with Crippen LogP contribution >= 0.6 is 0 Å². The Bertz CT molecular complexity index is 3200. The maximum atomic E-state index is 6.43. The number of nitrogens with zero attached hydrogens (tertiary/aromatic N) is 3. The van der Waals surface area contributed by atoms with E-state index in [-0.39, 0.29) is 0 Å². The Morgan fingerprint density at radius 2 is 0.792 bits per heavy atom. The maximum Gasteiger partial charge on any atom is 0.167 e. The number of para-hydroxylation sites is 2. The van der Waals surface area contributed by atoms with E-state index in [1.54, 1.807) is 0 Å². The molecule has 0 fully saturated rings. The first-order chi connectivity index (χ1) is 26.3. The Balaban J connectivity index is 1.11. The van der Waals surface area contributed by atoms with Gasteiger partial charge in [0.2, 0.25) is 0 Å². The van der Waals surface area contributed by atoms with Crippen molar-refractivity contribution >= 4 is 65.0 Å². The molecule has 0 N–H and O–H groups in total. The molecule has 0 amide bonds. The zero-order valence-corrected chi connectivity index (χ0v) is 28.5. The second-order valence-electron chi connectivity index (χ2n) is 13.5. The molecular formula is C49H29N3O. The molecule has 0 saturated heterocycles. The van der Waals surface area contributed by atoms with E-state index >= 15 is 0 Å². The summed E-state index contributed by atoms with van der Waals surface area (Å²) >= 11 is 0. The molecule has 4 heteroatoms. The number of aromatic nitrogens is 3. The molecule has 0 aliphatic rings. The molecule has 11 aromatic rings. The van der Waals surface area contributed by atoms with Gasteiger partial charge in [0.05, 0.1) is 5.56 Å². The number of hydrogen-bond donors (Lipinski definition) is 0. The molecule has 0 aliphatic carbocycles. The lowest BCUT2D eigenvalue weighted by Crippen LogP contribution is -2.00. The van der Waals surface area contributed by atoms with E-state index < -0.39 is 0 Å². The number of benzene rings is 9. The van der Waals surface area contributed by atoms with Gasteiger partial charge in [-0.05, 0) is 72.4 Å². The molecule has 2 aromatic heterocycles. The molecule has 53 heavy (non-hydrogen) atoms. The highest BCUT2D eigenvalue weighted by atomic mass is 16.3. The zero-order valence-electron chi connectivity index (χ0n) is 28.5. The predicted molar refractivity (Wildman–Crippen MR) is 219 cm³/mol. The Morgan fingerprint density at radius 1 is 0.302 bits per heavy atom. The van der Waals surface area contributed by atoms with Crippen LogP contribution in [-0.2, 0) is 0 Å². The average Bonchev–Trinajstić information content (AvgIpc) is 3.62. The molecule has 0 radical (unpaired) electrons. The van der Waals surface area contributed by atoms with Crippen molar-refractivity contribution in [3.63, 3.8) is 0 Å². The summed E-state index contributed by atoms with van der Waals surface area (Å²) in [6.07, 6.45) is 0. The Hall–Kier alpha value is -7.17. The van der Waals surface area contributed by atoms with Crippen LogP contribution in [0.25, 0.3) is 110 Å². The van der Waals surface area contributed by atoms with Gasteiger partial charge < -0.3 is 4.42 Å². The standard InChI is InChI=1S/C49H29N3O/c1-2-13-30(14-3-1)47-50-48(52-49(51-47)43-25-12-24-42-38-20-8-9-26-44(38)53-46(42)43)32-16-10-15-31(29-32)33-22-11-23-40-37(33)27-28-41-36-19-5-4-17-34(36)35-18-6-7-21-39(35)45(40)41/h1-29H. The summed E-state index contributed by atoms with van der Waals surface area (Å²) in [7, 11) is 0. The number of fused-ring (bicyclic) bond motifs is 11. The van der Waals surface area contributed by atoms with E-state index in [1.807, 2.05) is 60.7 Å². The highest BCUT2D eigenvalue weighted by Gasteiger charge is 2.19. The summed E-state index contributed by atoms with van der Waals surface area (Å²) in [5, 5.41) is 12.2. The van der Waals surface area contributed by atoms with Crippen LogP contribution in [0.3, 0.4) is 0 Å². The zero-order chi connectivity index (χ0) is 34.9. The van der Waals surface area contributed by atoms with Crippen molar-refractivity contribution in [2.45, 2.75) is 0 Å². The predicted octanol–water partition coefficient (Wildman–Crippen LogP) is 13.1. The summed E-state index contributed by atoms with van der Waals surface area (Å²) in [5.74, 6) is 1.78. The van der Waals surface area contributed by atoms with E-state index in [4.69, 9.17) is 19.4 Å². The van der Waals surface area contributed by atoms with Crippen molar-refractivity contribution in [2.24, 2.45) is 0 Å². The molecular weight excluding hydrogens is 647 g/mol. The lowest BCUT2D eigenvalue weighted by molar-refractivity contribution is 0.669. The highest BCUT2D eigenvalue weighted by Crippen LogP contribution is 2.42. The molecule has 0 atom stereocenters. The number of rotatable bonds is 4. The van der Waals surface area contributed by atoms with Gasteiger partial charge in [0.1, 0.15) is 11.2 Å². The molecule has 4 nitrogen and oxygen atoms in total. The van der Waals surface area contributed by atoms with Crippen LogP contribution in [-0.4, -0.2) is 15.0 Å². The molecule has 0 saturated carbocycles. The van der Waals surface area contributed by atoms with Crippen LogP contribution in [0.15, 0.2) is 180 Å². The molecule has 9 aromatic carbocycles. The fourth-order valence-electron chi connectivity index (χ4n) is 8.10. The van der Waals surface area contributed by atoms with Gasteiger partial charge >= 0.3 is 0 Å². The largest absolute Gasteiger partial charge is 0.455 e. The van der Waals surface area contributed by atoms with E-state index in [1.165, 1.54) is 43.1 Å². The third kappa shape index (κ3) is 4.66. The summed E-state index contributed by atoms with van der Waals surface area (Å²) in [4.78, 5) is 15.2. The smallest absolute Gasteiger partial charge is 0.167 e. The first-order valence-corrected chi connectivity index (χ1v) is 17.9. The van der Waals surface area contributed by atoms with Crippen LogP contribution in [0.4, 0.5) is 0 Å². The van der Waals surface area contributed by atoms with Gasteiger partial charge in [0, 0.05) is 21.9 Å². The van der Waals surface area contributed by atoms with Crippen molar-refractivity contribution < 1.29 is 4.42 Å². The normalized spacial score (nSPS) is 11.8. The van der Waals surface area contributed by atoms with Gasteiger partial charge in [-0.25, -0.2) is 15.0 Å². The van der Waals surface area contributed by atoms with Crippen LogP contribution in [0.2, 0.25) is 0 Å². The topological polar surface area (TPSA) is 51.8 Å². The van der Waals surface area contributed by atoms with Crippen LogP contribution in [0.5, 0.6) is 0 Å². The first kappa shape index (κ1) is 29.5. The molecule has 246 valence electrons. The molecule has 0 aliphatic heterocycles. The third-order valence-corrected chi connectivity index (χ3v) is 10.5. The van der Waals surface area contributed by atoms with Gasteiger partial charge in [-0.2, -0.15) is 0 Å². The first-order valence-electron chi connectivity index (χ1n) is 17.9. The van der Waals surface area contributed by atoms with Crippen molar-refractivity contribution in [1.82, 2.24) is 15.0 Å². The summed E-state index contributed by atoms with van der Waals surface area (Å²) < 4.78 is 6.43. The van der Waals surface area contributed by atoms with Gasteiger partial charge in [-0.1, -0.05) is 158 Å². The minimum atomic E-state index is 0.569. The SMILES string of the molecule is c1ccc(-c2nc(-c3cccc(-c4cccc5c4ccc4c6ccccc6c6ccccc6c54)c3)nc(-c3cccc4c3oc3ccccc34)n2)cc1. The van der Waals surface area contributed by atoms with Crippen molar-refractivity contribution in [1.29, 1.82) is 0 Å². The van der Waals surface area contributed by atoms with Crippen molar-refractivity contribution in [2.75, 3.05) is 0 Å². The van der Waals surface area contributed by atoms with E-state index in [0.717, 1.165) is 49.8 Å². The van der Waals surface area contributed by atoms with Crippen LogP contribution in [0.1, 0.15) is 0 Å². The molecule has 0 bridgehead atoms. The fourth-order valence-corrected chi connectivity index (χ4v) is 8.10. The van der Waals surface area contributed by atoms with Gasteiger partial charge in [-0.3, -0.25) is 0 Å². The lowest BCUT2D eigenvalue weighted by Gasteiger charge is -2.15. The monoisotopic (exact) mass is 675 g/mol. The van der Waals surface area contributed by atoms with Crippen LogP contribution in [0, 0.1) is 0 Å². The fraction of sp³-hybridized carbons (Fsp3) is 0. The minimum Gasteiger partial charge on any atom is -0.455 e. The molecule has 0 spiro atoms. The Kier molecular flexibility index (Phi) is 6.52. The Morgan fingerprint density at radius 3 is 1.58 bits per heavy atom. The van der Waals surface area contributed by atoms with Crippen molar-refractivity contribution in [3.8, 4) is 45.3 Å². The summed E-state index contributed by atoms with van der Waals surface area (Å²) in [5.41, 5.74) is 6.52. The lowest BCUT2D eigenvalue weighted by atomic mass is 9.89. The second kappa shape index (κ2) is 11.7. The van der Waals surface area contributed by atoms with Gasteiger partial charge in [0.15, 0.2) is 17.5 Å². The van der Waals surface area contributed by atoms with E-state index in [9.17, 15) is 0 Å². The highest BCUT2D eigenvalue weighted by molar-refractivity contribution is 6.32. The molecule has 2 heterocycles. The van der Waals surface area contributed by atoms with E-state index in [2.05, 4.69) is 115 Å². The maximum absolute atomic E-state index is 6.43. The Labute approximate surface area is 304 Å². The van der Waals surface area contributed by atoms with Crippen LogP contribution < -0.4 is 0 Å². The quantitative estimate of drug-likeness (QED) is 0.174. The van der Waals surface area contributed by atoms with Gasteiger partial charge in [0.25, 0.3) is 0 Å². The average molecular weight is 676 g/mol.